The molecule has 112 valence electrons. The first-order valence-electron chi connectivity index (χ1n) is 6.98. The molecule has 4 heteroatoms. The van der Waals surface area contributed by atoms with Crippen molar-refractivity contribution >= 4 is 0 Å². The molecule has 2 rings (SSSR count). The van der Waals surface area contributed by atoms with Crippen molar-refractivity contribution in [2.24, 2.45) is 0 Å². The Labute approximate surface area is 125 Å². The average molecular weight is 288 g/mol. The van der Waals surface area contributed by atoms with E-state index in [0.29, 0.717) is 18.0 Å². The number of benzene rings is 1. The second-order valence-corrected chi connectivity index (χ2v) is 6.00. The van der Waals surface area contributed by atoms with Crippen LogP contribution < -0.4 is 10.1 Å². The van der Waals surface area contributed by atoms with Gasteiger partial charge in [0.2, 0.25) is 5.88 Å². The molecule has 0 spiro atoms. The number of pyridine rings is 1. The molecule has 0 bridgehead atoms. The molecule has 3 nitrogen and oxygen atoms in total. The number of nitrogens with one attached hydrogen (secondary N) is 1. The summed E-state index contributed by atoms with van der Waals surface area (Å²) in [7, 11) is 1.80. The standard InChI is InChI=1S/C17H21FN2O/c1-17(2,3)14-7-5-6-8-15(14)21-16-12(10-19-4)9-13(18)11-20-16/h5-9,11,19H,10H2,1-4H3. The molecule has 0 unspecified atom stereocenters. The summed E-state index contributed by atoms with van der Waals surface area (Å²) in [4.78, 5) is 4.08. The van der Waals surface area contributed by atoms with E-state index in [9.17, 15) is 4.39 Å². The summed E-state index contributed by atoms with van der Waals surface area (Å²) < 4.78 is 19.3. The average Bonchev–Trinajstić information content (AvgIpc) is 2.41. The summed E-state index contributed by atoms with van der Waals surface area (Å²) in [6.07, 6.45) is 1.17. The highest BCUT2D eigenvalue weighted by Crippen LogP contribution is 2.34. The van der Waals surface area contributed by atoms with E-state index < -0.39 is 0 Å². The largest absolute Gasteiger partial charge is 0.438 e. The molecule has 21 heavy (non-hydrogen) atoms. The second-order valence-electron chi connectivity index (χ2n) is 6.00. The second kappa shape index (κ2) is 6.22. The van der Waals surface area contributed by atoms with Gasteiger partial charge in [-0.05, 0) is 24.6 Å². The quantitative estimate of drug-likeness (QED) is 0.922. The van der Waals surface area contributed by atoms with Crippen molar-refractivity contribution < 1.29 is 9.13 Å². The Kier molecular flexibility index (Phi) is 4.58. The Morgan fingerprint density at radius 1 is 1.24 bits per heavy atom. The molecule has 0 aliphatic carbocycles. The normalized spacial score (nSPS) is 11.5. The summed E-state index contributed by atoms with van der Waals surface area (Å²) in [5.41, 5.74) is 1.74. The van der Waals surface area contributed by atoms with Crippen LogP contribution in [0.2, 0.25) is 0 Å². The van der Waals surface area contributed by atoms with Crippen LogP contribution in [0.3, 0.4) is 0 Å². The lowest BCUT2D eigenvalue weighted by atomic mass is 9.86. The van der Waals surface area contributed by atoms with Gasteiger partial charge >= 0.3 is 0 Å². The van der Waals surface area contributed by atoms with Crippen LogP contribution in [0.1, 0.15) is 31.9 Å². The van der Waals surface area contributed by atoms with E-state index in [2.05, 4.69) is 31.1 Å². The molecule has 0 fully saturated rings. The maximum atomic E-state index is 13.3. The molecule has 0 aliphatic rings. The smallest absolute Gasteiger partial charge is 0.223 e. The van der Waals surface area contributed by atoms with Gasteiger partial charge in [-0.2, -0.15) is 0 Å². The van der Waals surface area contributed by atoms with Gasteiger partial charge in [-0.25, -0.2) is 9.37 Å². The van der Waals surface area contributed by atoms with Gasteiger partial charge in [-0.15, -0.1) is 0 Å². The van der Waals surface area contributed by atoms with Crippen LogP contribution in [-0.2, 0) is 12.0 Å². The van der Waals surface area contributed by atoms with Crippen LogP contribution >= 0.6 is 0 Å². The van der Waals surface area contributed by atoms with Crippen molar-refractivity contribution in [3.63, 3.8) is 0 Å². The SMILES string of the molecule is CNCc1cc(F)cnc1Oc1ccccc1C(C)(C)C. The minimum Gasteiger partial charge on any atom is -0.438 e. The molecule has 1 aromatic heterocycles. The van der Waals surface area contributed by atoms with Gasteiger partial charge in [0.05, 0.1) is 6.20 Å². The molecule has 1 heterocycles. The van der Waals surface area contributed by atoms with Crippen molar-refractivity contribution in [1.29, 1.82) is 0 Å². The Morgan fingerprint density at radius 3 is 2.62 bits per heavy atom. The zero-order chi connectivity index (χ0) is 15.5. The molecule has 0 saturated carbocycles. The summed E-state index contributed by atoms with van der Waals surface area (Å²) in [6, 6.07) is 9.30. The summed E-state index contributed by atoms with van der Waals surface area (Å²) in [6.45, 7) is 6.88. The molecule has 2 aromatic rings. The third kappa shape index (κ3) is 3.79. The molecule has 0 radical (unpaired) electrons. The number of nitrogens with zero attached hydrogens (tertiary/aromatic N) is 1. The predicted molar refractivity (Wildman–Crippen MR) is 82.2 cm³/mol. The van der Waals surface area contributed by atoms with Crippen LogP contribution in [-0.4, -0.2) is 12.0 Å². The number of aromatic nitrogens is 1. The number of ether oxygens (including phenoxy) is 1. The fourth-order valence-corrected chi connectivity index (χ4v) is 2.16. The van der Waals surface area contributed by atoms with E-state index in [1.54, 1.807) is 7.05 Å². The summed E-state index contributed by atoms with van der Waals surface area (Å²) >= 11 is 0. The lowest BCUT2D eigenvalue weighted by molar-refractivity contribution is 0.430. The highest BCUT2D eigenvalue weighted by molar-refractivity contribution is 5.41. The molecule has 0 saturated heterocycles. The van der Waals surface area contributed by atoms with E-state index in [1.807, 2.05) is 24.3 Å². The van der Waals surface area contributed by atoms with Crippen molar-refractivity contribution in [2.45, 2.75) is 32.7 Å². The summed E-state index contributed by atoms with van der Waals surface area (Å²) in [5, 5.41) is 3.00. The van der Waals surface area contributed by atoms with Crippen LogP contribution in [0.15, 0.2) is 36.5 Å². The van der Waals surface area contributed by atoms with Crippen molar-refractivity contribution in [3.05, 3.63) is 53.5 Å². The topological polar surface area (TPSA) is 34.2 Å². The maximum absolute atomic E-state index is 13.3. The Balaban J connectivity index is 2.39. The molecule has 1 aromatic carbocycles. The third-order valence-electron chi connectivity index (χ3n) is 3.16. The van der Waals surface area contributed by atoms with Gasteiger partial charge in [0, 0.05) is 17.7 Å². The highest BCUT2D eigenvalue weighted by Gasteiger charge is 2.19. The molecular weight excluding hydrogens is 267 g/mol. The lowest BCUT2D eigenvalue weighted by Crippen LogP contribution is -2.13. The van der Waals surface area contributed by atoms with Crippen LogP contribution in [0.5, 0.6) is 11.6 Å². The van der Waals surface area contributed by atoms with Crippen molar-refractivity contribution in [3.8, 4) is 11.6 Å². The van der Waals surface area contributed by atoms with Crippen molar-refractivity contribution in [2.75, 3.05) is 7.05 Å². The van der Waals surface area contributed by atoms with Gasteiger partial charge in [0.1, 0.15) is 11.6 Å². The highest BCUT2D eigenvalue weighted by atomic mass is 19.1. The lowest BCUT2D eigenvalue weighted by Gasteiger charge is -2.22. The van der Waals surface area contributed by atoms with Crippen LogP contribution in [0.4, 0.5) is 4.39 Å². The predicted octanol–water partition coefficient (Wildman–Crippen LogP) is 4.03. The Morgan fingerprint density at radius 2 is 1.95 bits per heavy atom. The van der Waals surface area contributed by atoms with Gasteiger partial charge in [0.25, 0.3) is 0 Å². The zero-order valence-corrected chi connectivity index (χ0v) is 12.9. The Hall–Kier alpha value is -1.94. The van der Waals surface area contributed by atoms with E-state index in [1.165, 1.54) is 12.3 Å². The minimum absolute atomic E-state index is 0.0419. The molecular formula is C17H21FN2O. The minimum atomic E-state index is -0.364. The van der Waals surface area contributed by atoms with E-state index in [4.69, 9.17) is 4.74 Å². The maximum Gasteiger partial charge on any atom is 0.223 e. The molecule has 1 N–H and O–H groups in total. The van der Waals surface area contributed by atoms with Crippen LogP contribution in [0, 0.1) is 5.82 Å². The molecule has 0 atom stereocenters. The number of hydrogen-bond donors (Lipinski definition) is 1. The number of rotatable bonds is 4. The zero-order valence-electron chi connectivity index (χ0n) is 12.9. The third-order valence-corrected chi connectivity index (χ3v) is 3.16. The van der Waals surface area contributed by atoms with Crippen LogP contribution in [0.25, 0.3) is 0 Å². The van der Waals surface area contributed by atoms with Gasteiger partial charge in [-0.1, -0.05) is 39.0 Å². The van der Waals surface area contributed by atoms with Crippen molar-refractivity contribution in [1.82, 2.24) is 10.3 Å². The van der Waals surface area contributed by atoms with Gasteiger partial charge in [0.15, 0.2) is 0 Å². The van der Waals surface area contributed by atoms with E-state index >= 15 is 0 Å². The van der Waals surface area contributed by atoms with E-state index in [-0.39, 0.29) is 11.2 Å². The summed E-state index contributed by atoms with van der Waals surface area (Å²) in [5.74, 6) is 0.820. The fraction of sp³-hybridized carbons (Fsp3) is 0.353. The van der Waals surface area contributed by atoms with Gasteiger partial charge < -0.3 is 10.1 Å². The molecule has 0 amide bonds. The molecule has 0 aliphatic heterocycles. The first-order chi connectivity index (χ1) is 9.91. The number of para-hydroxylation sites is 1. The number of hydrogen-bond acceptors (Lipinski definition) is 3. The van der Waals surface area contributed by atoms with Gasteiger partial charge in [-0.3, -0.25) is 0 Å². The number of halogens is 1. The van der Waals surface area contributed by atoms with E-state index in [0.717, 1.165) is 11.3 Å². The first kappa shape index (κ1) is 15.4. The Bertz CT molecular complexity index is 620. The fourth-order valence-electron chi connectivity index (χ4n) is 2.16. The first-order valence-corrected chi connectivity index (χ1v) is 6.98. The monoisotopic (exact) mass is 288 g/mol.